The van der Waals surface area contributed by atoms with E-state index >= 15 is 0 Å². The summed E-state index contributed by atoms with van der Waals surface area (Å²) in [4.78, 5) is 21.1. The highest BCUT2D eigenvalue weighted by Crippen LogP contribution is 1.92. The molecule has 0 amide bonds. The van der Waals surface area contributed by atoms with Gasteiger partial charge in [-0.1, -0.05) is 13.7 Å². The third kappa shape index (κ3) is 1.73. The van der Waals surface area contributed by atoms with Gasteiger partial charge in [0.1, 0.15) is 0 Å². The van der Waals surface area contributed by atoms with Crippen LogP contribution in [0.3, 0.4) is 0 Å². The zero-order valence-corrected chi connectivity index (χ0v) is 3.84. The van der Waals surface area contributed by atoms with E-state index in [9.17, 15) is 9.59 Å². The van der Waals surface area contributed by atoms with Crippen LogP contribution in [0.15, 0.2) is 0 Å². The van der Waals surface area contributed by atoms with Crippen LogP contribution in [0.25, 0.3) is 0 Å². The summed E-state index contributed by atoms with van der Waals surface area (Å²) in [6.07, 6.45) is 0. The first kappa shape index (κ1) is 1.83. The first-order valence-corrected chi connectivity index (χ1v) is 1.67. The quantitative estimate of drug-likeness (QED) is 0.424. The zero-order valence-electron chi connectivity index (χ0n) is 9.84. The van der Waals surface area contributed by atoms with E-state index in [0.717, 1.165) is 0 Å². The van der Waals surface area contributed by atoms with Crippen LogP contribution in [0.2, 0.25) is 0 Å². The fourth-order valence-corrected chi connectivity index (χ4v) is 0.115. The number of carbonyl (C=O) groups is 2. The van der Waals surface area contributed by atoms with Crippen LogP contribution in [0.5, 0.6) is 0 Å². The molecule has 0 heterocycles. The van der Waals surface area contributed by atoms with E-state index in [1.54, 1.807) is 0 Å². The topological polar surface area (TPSA) is 54.4 Å². The van der Waals surface area contributed by atoms with Crippen molar-refractivity contribution < 1.29 is 22.9 Å². The minimum Gasteiger partial charge on any atom is -0.475 e. The molecular formula is C5H8O3. The molecule has 0 aromatic carbocycles. The molecule has 46 valence electrons. The number of carboxylic acids is 1. The molecule has 3 heteroatoms. The first-order valence-electron chi connectivity index (χ1n) is 4.83. The van der Waals surface area contributed by atoms with Gasteiger partial charge in [0, 0.05) is 14.1 Å². The lowest BCUT2D eigenvalue weighted by Crippen LogP contribution is -2.18. The van der Waals surface area contributed by atoms with Crippen LogP contribution in [0.1, 0.15) is 22.0 Å². The van der Waals surface area contributed by atoms with E-state index in [1.165, 1.54) is 0 Å². The smallest absolute Gasteiger partial charge is 0.372 e. The Bertz CT molecular complexity index is 259. The summed E-state index contributed by atoms with van der Waals surface area (Å²) in [5, 5.41) is 8.24. The fraction of sp³-hybridized carbons (Fsp3) is 0.600. The molecular weight excluding hydrogens is 109 g/mol. The lowest BCUT2D eigenvalue weighted by atomic mass is 10.2. The number of hydrogen-bond acceptors (Lipinski definition) is 2. The van der Waals surface area contributed by atoms with E-state index < -0.39 is 31.4 Å². The number of aliphatic carboxylic acids is 1. The molecule has 0 aromatic rings. The number of Topliss-reactive ketones (excluding diaryl/α,β-unsaturated/α-hetero) is 1. The van der Waals surface area contributed by atoms with Crippen molar-refractivity contribution >= 4 is 11.8 Å². The van der Waals surface area contributed by atoms with Crippen LogP contribution in [-0.4, -0.2) is 16.9 Å². The molecule has 3 nitrogen and oxygen atoms in total. The molecule has 0 saturated heterocycles. The highest BCUT2D eigenvalue weighted by molar-refractivity contribution is 6.33. The van der Waals surface area contributed by atoms with Gasteiger partial charge in [-0.2, -0.15) is 0 Å². The van der Waals surface area contributed by atoms with E-state index in [4.69, 9.17) is 13.3 Å². The second kappa shape index (κ2) is 2.45. The monoisotopic (exact) mass is 123 g/mol. The molecule has 0 aromatic heterocycles. The van der Waals surface area contributed by atoms with Crippen molar-refractivity contribution in [2.45, 2.75) is 13.7 Å². The number of rotatable bonds is 2. The predicted octanol–water partition coefficient (Wildman–Crippen LogP) is 0.296. The summed E-state index contributed by atoms with van der Waals surface area (Å²) < 4.78 is 40.9. The normalized spacial score (nSPS) is 29.6. The Kier molecular flexibility index (Phi) is 0.559. The van der Waals surface area contributed by atoms with Crippen molar-refractivity contribution in [2.24, 2.45) is 5.89 Å². The fourth-order valence-electron chi connectivity index (χ4n) is 0.115. The van der Waals surface area contributed by atoms with E-state index in [-0.39, 0.29) is 0 Å². The molecule has 0 spiro atoms. The minimum atomic E-state index is -3.31. The molecule has 0 fully saturated rings. The van der Waals surface area contributed by atoms with Crippen molar-refractivity contribution in [1.82, 2.24) is 0 Å². The second-order valence-corrected chi connectivity index (χ2v) is 1.05. The average molecular weight is 123 g/mol. The maximum atomic E-state index is 10.9. The molecule has 0 bridgehead atoms. The van der Waals surface area contributed by atoms with Gasteiger partial charge in [-0.05, 0) is 0 Å². The number of hydrogen-bond donors (Lipinski definition) is 1. The third-order valence-electron chi connectivity index (χ3n) is 0.439. The van der Waals surface area contributed by atoms with E-state index in [1.807, 2.05) is 0 Å². The van der Waals surface area contributed by atoms with Gasteiger partial charge in [-0.3, -0.25) is 4.79 Å². The van der Waals surface area contributed by atoms with Gasteiger partial charge in [0.15, 0.2) is 0 Å². The van der Waals surface area contributed by atoms with Crippen LogP contribution < -0.4 is 0 Å². The van der Waals surface area contributed by atoms with Crippen molar-refractivity contribution in [3.05, 3.63) is 0 Å². The summed E-state index contributed by atoms with van der Waals surface area (Å²) in [6.45, 7) is -5.70. The van der Waals surface area contributed by atoms with E-state index in [0.29, 0.717) is 0 Å². The summed E-state index contributed by atoms with van der Waals surface area (Å²) >= 11 is 0. The number of carboxylic acid groups (broad SMARTS) is 1. The Morgan fingerprint density at radius 3 is 2.62 bits per heavy atom. The molecule has 1 unspecified atom stereocenters. The van der Waals surface area contributed by atoms with Crippen LogP contribution in [-0.2, 0) is 9.59 Å². The van der Waals surface area contributed by atoms with Gasteiger partial charge in [0.05, 0.1) is 0 Å². The van der Waals surface area contributed by atoms with Crippen molar-refractivity contribution in [1.29, 1.82) is 0 Å². The van der Waals surface area contributed by atoms with Gasteiger partial charge in [-0.25, -0.2) is 4.79 Å². The molecule has 0 rings (SSSR count). The van der Waals surface area contributed by atoms with Crippen LogP contribution in [0.4, 0.5) is 0 Å². The van der Waals surface area contributed by atoms with Gasteiger partial charge in [-0.15, -0.1) is 0 Å². The van der Waals surface area contributed by atoms with Crippen LogP contribution in [0, 0.1) is 5.89 Å². The highest BCUT2D eigenvalue weighted by atomic mass is 16.4. The molecule has 1 atom stereocenters. The zero-order chi connectivity index (χ0) is 11.7. The lowest BCUT2D eigenvalue weighted by molar-refractivity contribution is -0.150. The maximum absolute atomic E-state index is 10.9. The van der Waals surface area contributed by atoms with E-state index in [2.05, 4.69) is 0 Å². The summed E-state index contributed by atoms with van der Waals surface area (Å²) in [5.41, 5.74) is 0. The van der Waals surface area contributed by atoms with Crippen molar-refractivity contribution in [3.63, 3.8) is 0 Å². The third-order valence-corrected chi connectivity index (χ3v) is 0.439. The van der Waals surface area contributed by atoms with Gasteiger partial charge < -0.3 is 5.11 Å². The van der Waals surface area contributed by atoms with Crippen LogP contribution >= 0.6 is 0 Å². The molecule has 0 aliphatic rings. The Labute approximate surface area is 55.7 Å². The number of ketones is 1. The maximum Gasteiger partial charge on any atom is 0.372 e. The molecule has 0 aliphatic carbocycles. The molecule has 0 saturated carbocycles. The number of carbonyl (C=O) groups excluding carboxylic acids is 1. The summed E-state index contributed by atoms with van der Waals surface area (Å²) in [5.74, 6) is -7.33. The van der Waals surface area contributed by atoms with Gasteiger partial charge in [0.2, 0.25) is 5.78 Å². The minimum absolute atomic E-state index is 1.97. The predicted molar refractivity (Wildman–Crippen MR) is 27.5 cm³/mol. The van der Waals surface area contributed by atoms with Gasteiger partial charge >= 0.3 is 5.97 Å². The molecule has 0 aliphatic heterocycles. The first-order chi connectivity index (χ1) is 6.05. The summed E-state index contributed by atoms with van der Waals surface area (Å²) in [7, 11) is 0. The second-order valence-electron chi connectivity index (χ2n) is 1.05. The molecule has 0 radical (unpaired) electrons. The Morgan fingerprint density at radius 2 is 2.50 bits per heavy atom. The lowest BCUT2D eigenvalue weighted by Gasteiger charge is -1.93. The van der Waals surface area contributed by atoms with Crippen molar-refractivity contribution in [3.8, 4) is 0 Å². The Hall–Kier alpha value is -0.860. The highest BCUT2D eigenvalue weighted by Gasteiger charge is 2.14. The molecule has 8 heavy (non-hydrogen) atoms. The molecule has 1 N–H and O–H groups in total. The SMILES string of the molecule is [2H][13CH]([2H])C([2H])(C(=O)C(=O)O)C([2H])([2H])[2H]. The largest absolute Gasteiger partial charge is 0.475 e. The van der Waals surface area contributed by atoms with Gasteiger partial charge in [0.25, 0.3) is 0 Å². The standard InChI is InChI=1S/C5H8O3/c1-3(2)4(6)5(7)8/h3H,1-2H3,(H,7,8)/i1D3,2+1D2,3D. The summed E-state index contributed by atoms with van der Waals surface area (Å²) in [6, 6.07) is 0. The van der Waals surface area contributed by atoms with Crippen molar-refractivity contribution in [2.75, 3.05) is 0 Å². The average Bonchev–Trinajstić information content (AvgIpc) is 1.98. The Morgan fingerprint density at radius 1 is 1.88 bits per heavy atom. The Balaban J connectivity index is 5.34.